The number of benzene rings is 2. The Balaban J connectivity index is 1.55. The summed E-state index contributed by atoms with van der Waals surface area (Å²) >= 11 is 0. The van der Waals surface area contributed by atoms with Gasteiger partial charge >= 0.3 is 0 Å². The van der Waals surface area contributed by atoms with E-state index in [0.717, 1.165) is 28.9 Å². The van der Waals surface area contributed by atoms with Crippen LogP contribution in [0, 0.1) is 0 Å². The molecule has 6 nitrogen and oxygen atoms in total. The lowest BCUT2D eigenvalue weighted by atomic mass is 10.0. The van der Waals surface area contributed by atoms with Crippen LogP contribution in [0.25, 0.3) is 0 Å². The van der Waals surface area contributed by atoms with Crippen LogP contribution in [-0.4, -0.2) is 38.4 Å². The zero-order chi connectivity index (χ0) is 18.5. The van der Waals surface area contributed by atoms with Crippen molar-refractivity contribution in [3.63, 3.8) is 0 Å². The van der Waals surface area contributed by atoms with Crippen LogP contribution in [0.5, 0.6) is 17.2 Å². The summed E-state index contributed by atoms with van der Waals surface area (Å²) in [6.07, 6.45) is 0.294. The van der Waals surface area contributed by atoms with Gasteiger partial charge < -0.3 is 24.6 Å². The fraction of sp³-hybridized carbons (Fsp3) is 0.350. The molecular weight excluding hydrogens is 334 g/mol. The molecule has 1 unspecified atom stereocenters. The Hall–Kier alpha value is -2.73. The van der Waals surface area contributed by atoms with Crippen LogP contribution >= 0.6 is 0 Å². The van der Waals surface area contributed by atoms with E-state index in [0.29, 0.717) is 18.1 Å². The summed E-state index contributed by atoms with van der Waals surface area (Å²) in [5, 5.41) is 13.1. The average molecular weight is 357 g/mol. The fourth-order valence-electron chi connectivity index (χ4n) is 2.98. The molecule has 0 radical (unpaired) electrons. The van der Waals surface area contributed by atoms with E-state index in [1.54, 1.807) is 26.4 Å². The second-order valence-corrected chi connectivity index (χ2v) is 6.15. The quantitative estimate of drug-likeness (QED) is 0.793. The van der Waals surface area contributed by atoms with Crippen molar-refractivity contribution in [3.8, 4) is 17.2 Å². The standard InChI is InChI=1S/C20H23NO5/c1-24-18-5-3-13(9-19(18)25-2)10-20(23)21-12-16(22)14-4-6-17-15(11-14)7-8-26-17/h3-6,9,11,16,22H,7-8,10,12H2,1-2H3,(H,21,23). The molecule has 2 N–H and O–H groups in total. The Morgan fingerprint density at radius 3 is 2.77 bits per heavy atom. The van der Waals surface area contributed by atoms with Crippen molar-refractivity contribution < 1.29 is 24.1 Å². The van der Waals surface area contributed by atoms with Crippen molar-refractivity contribution in [2.75, 3.05) is 27.4 Å². The fourth-order valence-corrected chi connectivity index (χ4v) is 2.98. The van der Waals surface area contributed by atoms with Crippen LogP contribution in [0.1, 0.15) is 22.8 Å². The van der Waals surface area contributed by atoms with Crippen LogP contribution in [0.2, 0.25) is 0 Å². The molecule has 138 valence electrons. The molecular formula is C20H23NO5. The Morgan fingerprint density at radius 2 is 2.00 bits per heavy atom. The predicted octanol–water partition coefficient (Wildman–Crippen LogP) is 2.03. The number of aliphatic hydroxyl groups excluding tert-OH is 1. The first-order valence-corrected chi connectivity index (χ1v) is 8.52. The number of nitrogens with one attached hydrogen (secondary N) is 1. The van der Waals surface area contributed by atoms with Gasteiger partial charge in [-0.1, -0.05) is 12.1 Å². The molecule has 1 aliphatic heterocycles. The highest BCUT2D eigenvalue weighted by molar-refractivity contribution is 5.78. The summed E-state index contributed by atoms with van der Waals surface area (Å²) in [6, 6.07) is 11.0. The van der Waals surface area contributed by atoms with E-state index < -0.39 is 6.10 Å². The first-order valence-electron chi connectivity index (χ1n) is 8.52. The second kappa shape index (κ2) is 8.10. The number of hydrogen-bond acceptors (Lipinski definition) is 5. The maximum Gasteiger partial charge on any atom is 0.224 e. The normalized spacial score (nSPS) is 13.5. The van der Waals surface area contributed by atoms with E-state index in [1.807, 2.05) is 24.3 Å². The van der Waals surface area contributed by atoms with Crippen molar-refractivity contribution in [3.05, 3.63) is 53.1 Å². The van der Waals surface area contributed by atoms with E-state index in [9.17, 15) is 9.90 Å². The number of hydrogen-bond donors (Lipinski definition) is 2. The summed E-state index contributed by atoms with van der Waals surface area (Å²) in [4.78, 5) is 12.2. The third-order valence-corrected chi connectivity index (χ3v) is 4.40. The van der Waals surface area contributed by atoms with Gasteiger partial charge in [0.2, 0.25) is 5.91 Å². The Labute approximate surface area is 152 Å². The molecule has 1 heterocycles. The summed E-state index contributed by atoms with van der Waals surface area (Å²) < 4.78 is 15.9. The maximum absolute atomic E-state index is 12.2. The van der Waals surface area contributed by atoms with E-state index in [1.165, 1.54) is 0 Å². The molecule has 0 saturated carbocycles. The van der Waals surface area contributed by atoms with Crippen LogP contribution < -0.4 is 19.5 Å². The largest absolute Gasteiger partial charge is 0.493 e. The van der Waals surface area contributed by atoms with Gasteiger partial charge in [-0.05, 0) is 41.0 Å². The van der Waals surface area contributed by atoms with Gasteiger partial charge in [0.05, 0.1) is 33.4 Å². The number of methoxy groups -OCH3 is 2. The molecule has 1 aliphatic rings. The molecule has 3 rings (SSSR count). The Kier molecular flexibility index (Phi) is 5.63. The molecule has 2 aromatic carbocycles. The maximum atomic E-state index is 12.2. The van der Waals surface area contributed by atoms with Crippen LogP contribution in [-0.2, 0) is 17.6 Å². The topological polar surface area (TPSA) is 77.0 Å². The van der Waals surface area contributed by atoms with Gasteiger partial charge in [-0.3, -0.25) is 4.79 Å². The van der Waals surface area contributed by atoms with Gasteiger partial charge in [0.15, 0.2) is 11.5 Å². The minimum atomic E-state index is -0.754. The van der Waals surface area contributed by atoms with E-state index in [4.69, 9.17) is 14.2 Å². The molecule has 0 bridgehead atoms. The lowest BCUT2D eigenvalue weighted by Crippen LogP contribution is -2.29. The lowest BCUT2D eigenvalue weighted by Gasteiger charge is -2.14. The summed E-state index contributed by atoms with van der Waals surface area (Å²) in [5.74, 6) is 1.91. The van der Waals surface area contributed by atoms with Crippen molar-refractivity contribution in [1.29, 1.82) is 0 Å². The molecule has 0 fully saturated rings. The van der Waals surface area contributed by atoms with Crippen molar-refractivity contribution >= 4 is 5.91 Å². The van der Waals surface area contributed by atoms with Gasteiger partial charge in [0.25, 0.3) is 0 Å². The smallest absolute Gasteiger partial charge is 0.224 e. The summed E-state index contributed by atoms with van der Waals surface area (Å²) in [6.45, 7) is 0.836. The summed E-state index contributed by atoms with van der Waals surface area (Å²) in [5.41, 5.74) is 2.68. The zero-order valence-electron chi connectivity index (χ0n) is 15.0. The first-order chi connectivity index (χ1) is 12.6. The molecule has 6 heteroatoms. The highest BCUT2D eigenvalue weighted by atomic mass is 16.5. The molecule has 0 aromatic heterocycles. The number of amides is 1. The molecule has 1 amide bonds. The van der Waals surface area contributed by atoms with E-state index >= 15 is 0 Å². The number of fused-ring (bicyclic) bond motifs is 1. The molecule has 0 spiro atoms. The monoisotopic (exact) mass is 357 g/mol. The van der Waals surface area contributed by atoms with Crippen LogP contribution in [0.3, 0.4) is 0 Å². The lowest BCUT2D eigenvalue weighted by molar-refractivity contribution is -0.120. The van der Waals surface area contributed by atoms with Gasteiger partial charge in [0.1, 0.15) is 5.75 Å². The van der Waals surface area contributed by atoms with Crippen LogP contribution in [0.15, 0.2) is 36.4 Å². The molecule has 2 aromatic rings. The molecule has 26 heavy (non-hydrogen) atoms. The third kappa shape index (κ3) is 4.08. The number of carbonyl (C=O) groups is 1. The van der Waals surface area contributed by atoms with Crippen LogP contribution in [0.4, 0.5) is 0 Å². The highest BCUT2D eigenvalue weighted by Crippen LogP contribution is 2.29. The minimum absolute atomic E-state index is 0.158. The van der Waals surface area contributed by atoms with Crippen molar-refractivity contribution in [2.45, 2.75) is 18.9 Å². The minimum Gasteiger partial charge on any atom is -0.493 e. The molecule has 0 aliphatic carbocycles. The highest BCUT2D eigenvalue weighted by Gasteiger charge is 2.16. The Morgan fingerprint density at radius 1 is 1.19 bits per heavy atom. The second-order valence-electron chi connectivity index (χ2n) is 6.15. The van der Waals surface area contributed by atoms with E-state index in [-0.39, 0.29) is 18.9 Å². The van der Waals surface area contributed by atoms with Gasteiger partial charge in [0, 0.05) is 13.0 Å². The van der Waals surface area contributed by atoms with Gasteiger partial charge in [-0.25, -0.2) is 0 Å². The van der Waals surface area contributed by atoms with Gasteiger partial charge in [-0.2, -0.15) is 0 Å². The SMILES string of the molecule is COc1ccc(CC(=O)NCC(O)c2ccc3c(c2)CCO3)cc1OC. The zero-order valence-corrected chi connectivity index (χ0v) is 15.0. The number of ether oxygens (including phenoxy) is 3. The number of aliphatic hydroxyl groups is 1. The summed E-state index contributed by atoms with van der Waals surface area (Å²) in [7, 11) is 3.12. The molecule has 1 atom stereocenters. The molecule has 0 saturated heterocycles. The number of carbonyl (C=O) groups excluding carboxylic acids is 1. The van der Waals surface area contributed by atoms with Crippen molar-refractivity contribution in [2.24, 2.45) is 0 Å². The average Bonchev–Trinajstić information content (AvgIpc) is 3.13. The number of rotatable bonds is 7. The van der Waals surface area contributed by atoms with E-state index in [2.05, 4.69) is 5.32 Å². The van der Waals surface area contributed by atoms with Gasteiger partial charge in [-0.15, -0.1) is 0 Å². The predicted molar refractivity (Wildman–Crippen MR) is 96.9 cm³/mol. The first kappa shape index (κ1) is 18.1. The van der Waals surface area contributed by atoms with Crippen molar-refractivity contribution in [1.82, 2.24) is 5.32 Å². The Bertz CT molecular complexity index is 790. The third-order valence-electron chi connectivity index (χ3n) is 4.40.